The average Bonchev–Trinajstić information content (AvgIpc) is 2.14. The number of rotatable bonds is 1. The SMILES string of the molecule is CCC1=C(Cl)N=[C][N]1. The van der Waals surface area contributed by atoms with E-state index in [-0.39, 0.29) is 0 Å². The van der Waals surface area contributed by atoms with Crippen molar-refractivity contribution in [3.05, 3.63) is 10.9 Å². The third-order valence-corrected chi connectivity index (χ3v) is 1.21. The standard InChI is InChI=1S/C5H5ClN2/c1-2-4-5(6)8-3-7-4/h2H2,1H3. The summed E-state index contributed by atoms with van der Waals surface area (Å²) in [5.41, 5.74) is 0.826. The molecule has 0 aromatic heterocycles. The van der Waals surface area contributed by atoms with Gasteiger partial charge in [-0.1, -0.05) is 18.5 Å². The number of hydrogen-bond acceptors (Lipinski definition) is 1. The zero-order valence-corrected chi connectivity index (χ0v) is 5.24. The Morgan fingerprint density at radius 1 is 1.75 bits per heavy atom. The van der Waals surface area contributed by atoms with Crippen molar-refractivity contribution in [2.45, 2.75) is 13.3 Å². The fraction of sp³-hybridized carbons (Fsp3) is 0.400. The Hall–Kier alpha value is -0.500. The minimum atomic E-state index is 0.479. The molecular weight excluding hydrogens is 124 g/mol. The molecule has 1 aliphatic heterocycles. The second kappa shape index (κ2) is 2.18. The summed E-state index contributed by atoms with van der Waals surface area (Å²) in [7, 11) is 0. The largest absolute Gasteiger partial charge is 0.227 e. The first-order valence-electron chi connectivity index (χ1n) is 2.39. The van der Waals surface area contributed by atoms with Crippen LogP contribution in [0.25, 0.3) is 0 Å². The Bertz CT molecular complexity index is 149. The molecule has 8 heavy (non-hydrogen) atoms. The molecule has 42 valence electrons. The van der Waals surface area contributed by atoms with Gasteiger partial charge in [-0.15, -0.1) is 0 Å². The summed E-state index contributed by atoms with van der Waals surface area (Å²) < 4.78 is 0. The van der Waals surface area contributed by atoms with E-state index in [9.17, 15) is 0 Å². The monoisotopic (exact) mass is 128 g/mol. The lowest BCUT2D eigenvalue weighted by molar-refractivity contribution is 0.991. The van der Waals surface area contributed by atoms with Gasteiger partial charge in [0.2, 0.25) is 0 Å². The second-order valence-corrected chi connectivity index (χ2v) is 1.77. The van der Waals surface area contributed by atoms with Gasteiger partial charge in [0.1, 0.15) is 0 Å². The summed E-state index contributed by atoms with van der Waals surface area (Å²) in [5.74, 6) is 0. The van der Waals surface area contributed by atoms with Crippen LogP contribution in [0.2, 0.25) is 0 Å². The molecule has 1 aliphatic rings. The highest BCUT2D eigenvalue weighted by atomic mass is 35.5. The molecule has 0 aromatic carbocycles. The molecule has 1 heterocycles. The Labute approximate surface area is 53.3 Å². The fourth-order valence-corrected chi connectivity index (χ4v) is 0.679. The maximum atomic E-state index is 5.54. The molecule has 0 atom stereocenters. The molecule has 2 nitrogen and oxygen atoms in total. The van der Waals surface area contributed by atoms with Gasteiger partial charge in [0.15, 0.2) is 11.5 Å². The number of halogens is 1. The van der Waals surface area contributed by atoms with Gasteiger partial charge in [-0.2, -0.15) is 0 Å². The van der Waals surface area contributed by atoms with Gasteiger partial charge in [-0.3, -0.25) is 0 Å². The first-order chi connectivity index (χ1) is 3.84. The van der Waals surface area contributed by atoms with E-state index >= 15 is 0 Å². The molecule has 0 fully saturated rings. The molecule has 0 aliphatic carbocycles. The van der Waals surface area contributed by atoms with Crippen LogP contribution in [0.5, 0.6) is 0 Å². The molecule has 2 radical (unpaired) electrons. The summed E-state index contributed by atoms with van der Waals surface area (Å²) in [5, 5.41) is 4.25. The third kappa shape index (κ3) is 0.842. The summed E-state index contributed by atoms with van der Waals surface area (Å²) in [6.45, 7) is 1.98. The van der Waals surface area contributed by atoms with Crippen LogP contribution in [-0.2, 0) is 0 Å². The van der Waals surface area contributed by atoms with Gasteiger partial charge in [0.05, 0.1) is 5.70 Å². The summed E-state index contributed by atoms with van der Waals surface area (Å²) in [6, 6.07) is 0. The van der Waals surface area contributed by atoms with Gasteiger partial charge in [0.25, 0.3) is 0 Å². The van der Waals surface area contributed by atoms with E-state index in [1.807, 2.05) is 6.92 Å². The molecule has 0 saturated heterocycles. The Morgan fingerprint density at radius 2 is 2.50 bits per heavy atom. The minimum absolute atomic E-state index is 0.479. The summed E-state index contributed by atoms with van der Waals surface area (Å²) in [4.78, 5) is 3.62. The van der Waals surface area contributed by atoms with Gasteiger partial charge in [0, 0.05) is 0 Å². The average molecular weight is 129 g/mol. The van der Waals surface area contributed by atoms with Crippen LogP contribution in [0.1, 0.15) is 13.3 Å². The van der Waals surface area contributed by atoms with Crippen molar-refractivity contribution in [3.63, 3.8) is 0 Å². The van der Waals surface area contributed by atoms with Gasteiger partial charge >= 0.3 is 0 Å². The summed E-state index contributed by atoms with van der Waals surface area (Å²) in [6.07, 6.45) is 3.25. The number of hydrogen-bond donors (Lipinski definition) is 0. The highest BCUT2D eigenvalue weighted by Gasteiger charge is 2.06. The molecule has 0 amide bonds. The van der Waals surface area contributed by atoms with E-state index in [0.717, 1.165) is 12.1 Å². The van der Waals surface area contributed by atoms with Crippen molar-refractivity contribution in [1.82, 2.24) is 5.32 Å². The lowest BCUT2D eigenvalue weighted by Crippen LogP contribution is -1.94. The fourth-order valence-electron chi connectivity index (χ4n) is 0.465. The van der Waals surface area contributed by atoms with Gasteiger partial charge in [-0.25, -0.2) is 10.3 Å². The van der Waals surface area contributed by atoms with Crippen molar-refractivity contribution in [2.24, 2.45) is 4.99 Å². The van der Waals surface area contributed by atoms with Crippen molar-refractivity contribution in [3.8, 4) is 0 Å². The van der Waals surface area contributed by atoms with Crippen LogP contribution in [0, 0.1) is 0 Å². The first-order valence-corrected chi connectivity index (χ1v) is 2.77. The third-order valence-electron chi connectivity index (χ3n) is 0.906. The highest BCUT2D eigenvalue weighted by Crippen LogP contribution is 2.15. The van der Waals surface area contributed by atoms with Crippen LogP contribution in [0.3, 0.4) is 0 Å². The predicted octanol–water partition coefficient (Wildman–Crippen LogP) is 1.33. The molecule has 0 N–H and O–H groups in total. The van der Waals surface area contributed by atoms with Crippen molar-refractivity contribution in [1.29, 1.82) is 0 Å². The maximum absolute atomic E-state index is 5.54. The van der Waals surface area contributed by atoms with Crippen molar-refractivity contribution < 1.29 is 0 Å². The van der Waals surface area contributed by atoms with Crippen molar-refractivity contribution >= 4 is 17.9 Å². The zero-order chi connectivity index (χ0) is 5.98. The van der Waals surface area contributed by atoms with Crippen LogP contribution >= 0.6 is 11.6 Å². The quantitative estimate of drug-likeness (QED) is 0.477. The Morgan fingerprint density at radius 3 is 2.75 bits per heavy atom. The van der Waals surface area contributed by atoms with Crippen LogP contribution in [0.15, 0.2) is 15.8 Å². The minimum Gasteiger partial charge on any atom is -0.227 e. The summed E-state index contributed by atoms with van der Waals surface area (Å²) >= 11 is 5.54. The van der Waals surface area contributed by atoms with Gasteiger partial charge < -0.3 is 0 Å². The Kier molecular flexibility index (Phi) is 1.53. The number of nitrogens with zero attached hydrogens (tertiary/aromatic N) is 2. The first kappa shape index (κ1) is 5.63. The van der Waals surface area contributed by atoms with E-state index in [1.54, 1.807) is 0 Å². The van der Waals surface area contributed by atoms with E-state index in [2.05, 4.69) is 16.6 Å². The molecule has 3 heteroatoms. The molecule has 0 spiro atoms. The number of allylic oxidation sites excluding steroid dienone is 1. The Balaban J connectivity index is 2.68. The highest BCUT2D eigenvalue weighted by molar-refractivity contribution is 6.30. The molecule has 0 bridgehead atoms. The smallest absolute Gasteiger partial charge is 0.199 e. The molecular formula is C5H5ClN2. The van der Waals surface area contributed by atoms with E-state index < -0.39 is 0 Å². The van der Waals surface area contributed by atoms with Gasteiger partial charge in [-0.05, 0) is 6.42 Å². The van der Waals surface area contributed by atoms with Crippen LogP contribution in [0.4, 0.5) is 0 Å². The lowest BCUT2D eigenvalue weighted by Gasteiger charge is -1.89. The molecule has 0 unspecified atom stereocenters. The number of aliphatic imine (C=N–C) groups is 1. The predicted molar refractivity (Wildman–Crippen MR) is 32.7 cm³/mol. The van der Waals surface area contributed by atoms with E-state index in [0.29, 0.717) is 5.16 Å². The second-order valence-electron chi connectivity index (χ2n) is 1.41. The topological polar surface area (TPSA) is 26.5 Å². The van der Waals surface area contributed by atoms with E-state index in [4.69, 9.17) is 11.6 Å². The zero-order valence-electron chi connectivity index (χ0n) is 4.48. The molecule has 0 saturated carbocycles. The van der Waals surface area contributed by atoms with Crippen LogP contribution < -0.4 is 5.32 Å². The normalized spacial score (nSPS) is 17.2. The van der Waals surface area contributed by atoms with Crippen molar-refractivity contribution in [2.75, 3.05) is 0 Å². The maximum Gasteiger partial charge on any atom is 0.199 e. The van der Waals surface area contributed by atoms with Crippen LogP contribution in [-0.4, -0.2) is 6.34 Å². The molecule has 1 rings (SSSR count). The van der Waals surface area contributed by atoms with E-state index in [1.165, 1.54) is 0 Å². The lowest BCUT2D eigenvalue weighted by atomic mass is 10.4. The molecule has 0 aromatic rings.